The lowest BCUT2D eigenvalue weighted by atomic mass is 10.0. The highest BCUT2D eigenvalue weighted by atomic mass is 16.5. The van der Waals surface area contributed by atoms with Crippen LogP contribution in [0.5, 0.6) is 0 Å². The van der Waals surface area contributed by atoms with Crippen LogP contribution >= 0.6 is 0 Å². The van der Waals surface area contributed by atoms with Crippen molar-refractivity contribution >= 4 is 5.91 Å². The van der Waals surface area contributed by atoms with E-state index >= 15 is 0 Å². The van der Waals surface area contributed by atoms with Gasteiger partial charge in [0.05, 0.1) is 18.8 Å². The summed E-state index contributed by atoms with van der Waals surface area (Å²) in [6.45, 7) is 9.01. The molecule has 0 aromatic carbocycles. The molecule has 0 bridgehead atoms. The van der Waals surface area contributed by atoms with Crippen molar-refractivity contribution in [2.75, 3.05) is 26.3 Å². The van der Waals surface area contributed by atoms with E-state index in [0.29, 0.717) is 12.6 Å². The van der Waals surface area contributed by atoms with Crippen molar-refractivity contribution in [2.45, 2.75) is 64.7 Å². The molecule has 0 radical (unpaired) electrons. The van der Waals surface area contributed by atoms with Gasteiger partial charge in [-0.2, -0.15) is 0 Å². The Morgan fingerprint density at radius 1 is 1.40 bits per heavy atom. The highest BCUT2D eigenvalue weighted by Gasteiger charge is 2.33. The van der Waals surface area contributed by atoms with Crippen LogP contribution in [0.4, 0.5) is 0 Å². The van der Waals surface area contributed by atoms with Crippen molar-refractivity contribution in [1.29, 1.82) is 0 Å². The van der Waals surface area contributed by atoms with Crippen LogP contribution in [-0.4, -0.2) is 58.9 Å². The first-order valence-corrected chi connectivity index (χ1v) is 9.57. The Balaban J connectivity index is 1.61. The van der Waals surface area contributed by atoms with Gasteiger partial charge in [-0.1, -0.05) is 13.8 Å². The van der Waals surface area contributed by atoms with E-state index in [1.165, 1.54) is 0 Å². The van der Waals surface area contributed by atoms with Gasteiger partial charge in [0.1, 0.15) is 11.9 Å². The summed E-state index contributed by atoms with van der Waals surface area (Å²) < 4.78 is 13.8. The van der Waals surface area contributed by atoms with Gasteiger partial charge in [0, 0.05) is 32.1 Å². The Hall–Kier alpha value is -1.40. The fraction of sp³-hybridized carbons (Fsp3) is 0.789. The van der Waals surface area contributed by atoms with E-state index in [9.17, 15) is 4.79 Å². The van der Waals surface area contributed by atoms with Gasteiger partial charge in [-0.05, 0) is 38.5 Å². The lowest BCUT2D eigenvalue weighted by molar-refractivity contribution is -0.151. The van der Waals surface area contributed by atoms with Crippen LogP contribution in [0.3, 0.4) is 0 Å². The van der Waals surface area contributed by atoms with Gasteiger partial charge in [0.15, 0.2) is 0 Å². The fourth-order valence-electron chi connectivity index (χ4n) is 3.87. The van der Waals surface area contributed by atoms with E-state index in [-0.39, 0.29) is 24.0 Å². The van der Waals surface area contributed by atoms with E-state index in [1.807, 2.05) is 24.2 Å². The lowest BCUT2D eigenvalue weighted by Crippen LogP contribution is -2.48. The topological polar surface area (TPSA) is 56.6 Å². The molecule has 140 valence electrons. The summed E-state index contributed by atoms with van der Waals surface area (Å²) in [5.41, 5.74) is 0. The molecule has 0 N–H and O–H groups in total. The average molecular weight is 349 g/mol. The Labute approximate surface area is 150 Å². The van der Waals surface area contributed by atoms with Crippen molar-refractivity contribution < 1.29 is 14.3 Å². The molecule has 0 aliphatic carbocycles. The molecule has 1 amide bonds. The second-order valence-corrected chi connectivity index (χ2v) is 7.60. The van der Waals surface area contributed by atoms with Gasteiger partial charge in [0.2, 0.25) is 0 Å². The third kappa shape index (κ3) is 4.42. The minimum atomic E-state index is -0.383. The van der Waals surface area contributed by atoms with Crippen LogP contribution < -0.4 is 0 Å². The van der Waals surface area contributed by atoms with Crippen molar-refractivity contribution in [1.82, 2.24) is 14.5 Å². The molecule has 0 saturated carbocycles. The van der Waals surface area contributed by atoms with Crippen LogP contribution in [0.2, 0.25) is 0 Å². The maximum atomic E-state index is 13.1. The smallest absolute Gasteiger partial charge is 0.252 e. The van der Waals surface area contributed by atoms with E-state index < -0.39 is 0 Å². The van der Waals surface area contributed by atoms with Gasteiger partial charge in [-0.3, -0.25) is 4.79 Å². The number of carbonyl (C=O) groups excluding carboxylic acids is 1. The molecule has 1 aromatic rings. The van der Waals surface area contributed by atoms with Gasteiger partial charge in [-0.15, -0.1) is 0 Å². The monoisotopic (exact) mass is 349 g/mol. The second kappa shape index (κ2) is 8.32. The highest BCUT2D eigenvalue weighted by molar-refractivity contribution is 5.81. The molecule has 6 heteroatoms. The van der Waals surface area contributed by atoms with Crippen LogP contribution in [0.1, 0.15) is 51.4 Å². The summed E-state index contributed by atoms with van der Waals surface area (Å²) in [5.74, 6) is 1.29. The zero-order chi connectivity index (χ0) is 17.8. The normalized spacial score (nSPS) is 25.5. The molecule has 2 fully saturated rings. The minimum Gasteiger partial charge on any atom is -0.376 e. The maximum absolute atomic E-state index is 13.1. The molecule has 3 atom stereocenters. The Kier molecular flexibility index (Phi) is 6.12. The molecule has 3 heterocycles. The molecule has 2 saturated heterocycles. The Morgan fingerprint density at radius 3 is 2.88 bits per heavy atom. The molecule has 1 aromatic heterocycles. The zero-order valence-electron chi connectivity index (χ0n) is 15.7. The average Bonchev–Trinajstić information content (AvgIpc) is 3.26. The number of aromatic nitrogens is 2. The largest absolute Gasteiger partial charge is 0.376 e. The van der Waals surface area contributed by atoms with Crippen molar-refractivity contribution in [3.63, 3.8) is 0 Å². The number of hydrogen-bond donors (Lipinski definition) is 0. The number of likely N-dealkylation sites (tertiary alicyclic amines) is 1. The lowest BCUT2D eigenvalue weighted by Gasteiger charge is -2.36. The van der Waals surface area contributed by atoms with Gasteiger partial charge in [-0.25, -0.2) is 4.98 Å². The molecule has 25 heavy (non-hydrogen) atoms. The zero-order valence-corrected chi connectivity index (χ0v) is 15.7. The van der Waals surface area contributed by atoms with Crippen molar-refractivity contribution in [2.24, 2.45) is 5.92 Å². The minimum absolute atomic E-state index is 0.121. The SMILES string of the molecule is Cc1nccn1[C@@H]1CCCN(C(=O)[C@H](OC[C@@H]2CCCO2)C(C)C)C1. The quantitative estimate of drug-likeness (QED) is 0.792. The van der Waals surface area contributed by atoms with E-state index in [1.54, 1.807) is 0 Å². The van der Waals surface area contributed by atoms with E-state index in [4.69, 9.17) is 9.47 Å². The second-order valence-electron chi connectivity index (χ2n) is 7.60. The number of imidazole rings is 1. The number of amides is 1. The van der Waals surface area contributed by atoms with Gasteiger partial charge in [0.25, 0.3) is 5.91 Å². The summed E-state index contributed by atoms with van der Waals surface area (Å²) in [4.78, 5) is 19.4. The molecule has 3 rings (SSSR count). The number of ether oxygens (including phenoxy) is 2. The number of aryl methyl sites for hydroxylation is 1. The molecule has 2 aliphatic rings. The molecular formula is C19H31N3O3. The standard InChI is InChI=1S/C19H31N3O3/c1-14(2)18(25-13-17-7-5-11-24-17)19(23)21-9-4-6-16(12-21)22-10-8-20-15(22)3/h8,10,14,16-18H,4-7,9,11-13H2,1-3H3/t16-,17+,18-/m1/s1. The first kappa shape index (κ1) is 18.4. The van der Waals surface area contributed by atoms with E-state index in [0.717, 1.165) is 51.2 Å². The van der Waals surface area contributed by atoms with Gasteiger partial charge >= 0.3 is 0 Å². The molecule has 2 aliphatic heterocycles. The Bertz CT molecular complexity index is 566. The summed E-state index contributed by atoms with van der Waals surface area (Å²) in [7, 11) is 0. The van der Waals surface area contributed by atoms with Gasteiger partial charge < -0.3 is 18.9 Å². The summed E-state index contributed by atoms with van der Waals surface area (Å²) in [6, 6.07) is 0.311. The number of rotatable bonds is 6. The van der Waals surface area contributed by atoms with Crippen molar-refractivity contribution in [3.8, 4) is 0 Å². The molecular weight excluding hydrogens is 318 g/mol. The van der Waals surface area contributed by atoms with Crippen molar-refractivity contribution in [3.05, 3.63) is 18.2 Å². The summed E-state index contributed by atoms with van der Waals surface area (Å²) in [5, 5.41) is 0. The first-order chi connectivity index (χ1) is 12.1. The first-order valence-electron chi connectivity index (χ1n) is 9.57. The number of hydrogen-bond acceptors (Lipinski definition) is 4. The molecule has 0 spiro atoms. The van der Waals surface area contributed by atoms with Crippen LogP contribution in [0, 0.1) is 12.8 Å². The van der Waals surface area contributed by atoms with E-state index in [2.05, 4.69) is 23.4 Å². The van der Waals surface area contributed by atoms with Crippen LogP contribution in [0.15, 0.2) is 12.4 Å². The third-order valence-corrected chi connectivity index (χ3v) is 5.30. The predicted molar refractivity (Wildman–Crippen MR) is 95.4 cm³/mol. The molecule has 0 unspecified atom stereocenters. The maximum Gasteiger partial charge on any atom is 0.252 e. The summed E-state index contributed by atoms with van der Waals surface area (Å²) in [6.07, 6.45) is 7.84. The predicted octanol–water partition coefficient (Wildman–Crippen LogP) is 2.58. The third-order valence-electron chi connectivity index (χ3n) is 5.30. The highest BCUT2D eigenvalue weighted by Crippen LogP contribution is 2.25. The molecule has 6 nitrogen and oxygen atoms in total. The number of piperidine rings is 1. The Morgan fingerprint density at radius 2 is 2.24 bits per heavy atom. The number of carbonyl (C=O) groups is 1. The van der Waals surface area contributed by atoms with Crippen LogP contribution in [-0.2, 0) is 14.3 Å². The van der Waals surface area contributed by atoms with Crippen LogP contribution in [0.25, 0.3) is 0 Å². The number of nitrogens with zero attached hydrogens (tertiary/aromatic N) is 3. The fourth-order valence-corrected chi connectivity index (χ4v) is 3.87. The summed E-state index contributed by atoms with van der Waals surface area (Å²) >= 11 is 0.